The van der Waals surface area contributed by atoms with Gasteiger partial charge in [-0.2, -0.15) is 5.26 Å². The average molecular weight is 403 g/mol. The second-order valence-electron chi connectivity index (χ2n) is 5.67. The molecule has 0 saturated heterocycles. The lowest BCUT2D eigenvalue weighted by molar-refractivity contribution is 0.374. The van der Waals surface area contributed by atoms with Crippen LogP contribution in [0.1, 0.15) is 11.1 Å². The molecule has 7 nitrogen and oxygen atoms in total. The first-order valence-corrected chi connectivity index (χ1v) is 9.81. The van der Waals surface area contributed by atoms with Gasteiger partial charge in [-0.15, -0.1) is 0 Å². The Labute approximate surface area is 164 Å². The molecule has 0 radical (unpaired) electrons. The maximum absolute atomic E-state index is 12.8. The maximum atomic E-state index is 12.8. The predicted molar refractivity (Wildman–Crippen MR) is 105 cm³/mol. The van der Waals surface area contributed by atoms with E-state index in [0.29, 0.717) is 34.1 Å². The maximum Gasteiger partial charge on any atom is 0.192 e. The molecule has 0 spiro atoms. The highest BCUT2D eigenvalue weighted by Crippen LogP contribution is 2.36. The van der Waals surface area contributed by atoms with Crippen LogP contribution in [0.4, 0.5) is 0 Å². The van der Waals surface area contributed by atoms with Crippen LogP contribution in [0.2, 0.25) is 0 Å². The highest BCUT2D eigenvalue weighted by Gasteiger charge is 2.21. The van der Waals surface area contributed by atoms with E-state index in [1.54, 1.807) is 42.5 Å². The molecule has 0 fully saturated rings. The fraction of sp³-hybridized carbons (Fsp3) is 0.250. The third-order valence-corrected chi connectivity index (χ3v) is 5.58. The number of hydrogen-bond donors (Lipinski definition) is 0. The summed E-state index contributed by atoms with van der Waals surface area (Å²) in [6.45, 7) is 0. The first-order chi connectivity index (χ1) is 13.4. The summed E-state index contributed by atoms with van der Waals surface area (Å²) in [7, 11) is 1.99. The van der Waals surface area contributed by atoms with Crippen molar-refractivity contribution < 1.29 is 27.4 Å². The summed E-state index contributed by atoms with van der Waals surface area (Å²) < 4.78 is 46.4. The molecule has 2 aromatic rings. The number of benzene rings is 2. The number of nitriles is 1. The van der Waals surface area contributed by atoms with Crippen molar-refractivity contribution in [1.82, 2.24) is 0 Å². The Morgan fingerprint density at radius 1 is 0.929 bits per heavy atom. The highest BCUT2D eigenvalue weighted by atomic mass is 32.2. The predicted octanol–water partition coefficient (Wildman–Crippen LogP) is 3.20. The van der Waals surface area contributed by atoms with Gasteiger partial charge in [0, 0.05) is 12.1 Å². The Balaban J connectivity index is 2.48. The largest absolute Gasteiger partial charge is 0.497 e. The van der Waals surface area contributed by atoms with Crippen molar-refractivity contribution in [1.29, 1.82) is 5.26 Å². The van der Waals surface area contributed by atoms with Crippen molar-refractivity contribution in [2.24, 2.45) is 0 Å². The molecule has 0 aliphatic heterocycles. The van der Waals surface area contributed by atoms with Crippen LogP contribution in [0.15, 0.2) is 41.3 Å². The Morgan fingerprint density at radius 2 is 1.46 bits per heavy atom. The summed E-state index contributed by atoms with van der Waals surface area (Å²) in [6.07, 6.45) is 1.25. The molecule has 0 bridgehead atoms. The van der Waals surface area contributed by atoms with Gasteiger partial charge in [-0.05, 0) is 23.8 Å². The number of sulfone groups is 1. The third kappa shape index (κ3) is 4.75. The minimum absolute atomic E-state index is 0.322. The van der Waals surface area contributed by atoms with E-state index in [1.807, 2.05) is 0 Å². The van der Waals surface area contributed by atoms with E-state index in [0.717, 1.165) is 0 Å². The van der Waals surface area contributed by atoms with Crippen molar-refractivity contribution in [2.75, 3.05) is 28.4 Å². The minimum atomic E-state index is -3.89. The number of hydrogen-bond acceptors (Lipinski definition) is 7. The average Bonchev–Trinajstić information content (AvgIpc) is 2.71. The zero-order valence-corrected chi connectivity index (χ0v) is 16.9. The van der Waals surface area contributed by atoms with Gasteiger partial charge in [-0.3, -0.25) is 0 Å². The van der Waals surface area contributed by atoms with Gasteiger partial charge in [0.25, 0.3) is 0 Å². The van der Waals surface area contributed by atoms with E-state index in [1.165, 1.54) is 34.5 Å². The zero-order chi connectivity index (χ0) is 20.7. The summed E-state index contributed by atoms with van der Waals surface area (Å²) in [5.74, 6) is 1.42. The summed E-state index contributed by atoms with van der Waals surface area (Å²) in [5, 5.41) is 9.49. The van der Waals surface area contributed by atoms with Crippen molar-refractivity contribution in [3.8, 4) is 29.1 Å². The summed E-state index contributed by atoms with van der Waals surface area (Å²) in [6, 6.07) is 11.5. The minimum Gasteiger partial charge on any atom is -0.497 e. The molecule has 2 aromatic carbocycles. The van der Waals surface area contributed by atoms with Crippen molar-refractivity contribution in [2.45, 2.75) is 5.75 Å². The monoisotopic (exact) mass is 403 g/mol. The van der Waals surface area contributed by atoms with Crippen LogP contribution in [0.3, 0.4) is 0 Å². The van der Waals surface area contributed by atoms with Gasteiger partial charge >= 0.3 is 0 Å². The molecule has 0 heterocycles. The van der Waals surface area contributed by atoms with E-state index < -0.39 is 14.7 Å². The Kier molecular flexibility index (Phi) is 6.90. The van der Waals surface area contributed by atoms with Crippen LogP contribution in [0, 0.1) is 11.3 Å². The van der Waals surface area contributed by atoms with E-state index in [9.17, 15) is 13.7 Å². The van der Waals surface area contributed by atoms with Crippen LogP contribution in [0.25, 0.3) is 6.08 Å². The lowest BCUT2D eigenvalue weighted by atomic mass is 10.1. The molecule has 0 unspecified atom stereocenters. The molecule has 28 heavy (non-hydrogen) atoms. The molecule has 0 saturated carbocycles. The van der Waals surface area contributed by atoms with Crippen molar-refractivity contribution in [3.05, 3.63) is 52.4 Å². The molecule has 2 rings (SSSR count). The first kappa shape index (κ1) is 21.1. The van der Waals surface area contributed by atoms with Gasteiger partial charge in [0.05, 0.1) is 39.8 Å². The standard InChI is InChI=1S/C20H21NO6S/c1-24-15-7-5-14(6-8-15)13-28(22,23)17(12-21)11-18-19(26-3)9-16(25-2)10-20(18)27-4/h5-11H,13H2,1-4H3/b17-11-. The Morgan fingerprint density at radius 3 is 1.89 bits per heavy atom. The number of methoxy groups -OCH3 is 4. The second kappa shape index (κ2) is 9.15. The molecule has 8 heteroatoms. The number of ether oxygens (including phenoxy) is 4. The quantitative estimate of drug-likeness (QED) is 0.625. The SMILES string of the molecule is COc1ccc(CS(=O)(=O)/C(C#N)=C\c2c(OC)cc(OC)cc2OC)cc1. The number of nitrogens with zero attached hydrogens (tertiary/aromatic N) is 1. The van der Waals surface area contributed by atoms with Crippen molar-refractivity contribution in [3.63, 3.8) is 0 Å². The first-order valence-electron chi connectivity index (χ1n) is 8.16. The lowest BCUT2D eigenvalue weighted by Crippen LogP contribution is -2.07. The highest BCUT2D eigenvalue weighted by molar-refractivity contribution is 7.95. The van der Waals surface area contributed by atoms with Crippen LogP contribution in [-0.2, 0) is 15.6 Å². The zero-order valence-electron chi connectivity index (χ0n) is 16.1. The lowest BCUT2D eigenvalue weighted by Gasteiger charge is -2.13. The molecule has 0 N–H and O–H groups in total. The molecular formula is C20H21NO6S. The Hall–Kier alpha value is -3.18. The number of rotatable bonds is 8. The second-order valence-corrected chi connectivity index (χ2v) is 7.63. The van der Waals surface area contributed by atoms with Crippen LogP contribution < -0.4 is 18.9 Å². The molecule has 0 amide bonds. The topological polar surface area (TPSA) is 94.9 Å². The van der Waals surface area contributed by atoms with Gasteiger partial charge in [-0.25, -0.2) is 8.42 Å². The normalized spacial score (nSPS) is 11.5. The van der Waals surface area contributed by atoms with E-state index >= 15 is 0 Å². The summed E-state index contributed by atoms with van der Waals surface area (Å²) >= 11 is 0. The summed E-state index contributed by atoms with van der Waals surface area (Å²) in [4.78, 5) is -0.398. The van der Waals surface area contributed by atoms with Gasteiger partial charge < -0.3 is 18.9 Å². The van der Waals surface area contributed by atoms with Crippen LogP contribution >= 0.6 is 0 Å². The molecule has 0 aromatic heterocycles. The van der Waals surface area contributed by atoms with Gasteiger partial charge in [-0.1, -0.05) is 12.1 Å². The van der Waals surface area contributed by atoms with E-state index in [2.05, 4.69) is 0 Å². The van der Waals surface area contributed by atoms with Crippen LogP contribution in [0.5, 0.6) is 23.0 Å². The smallest absolute Gasteiger partial charge is 0.192 e. The van der Waals surface area contributed by atoms with Crippen LogP contribution in [-0.4, -0.2) is 36.9 Å². The van der Waals surface area contributed by atoms with Gasteiger partial charge in [0.1, 0.15) is 34.0 Å². The molecular weight excluding hydrogens is 382 g/mol. The molecule has 0 aliphatic carbocycles. The van der Waals surface area contributed by atoms with Gasteiger partial charge in [0.2, 0.25) is 0 Å². The van der Waals surface area contributed by atoms with Gasteiger partial charge in [0.15, 0.2) is 9.84 Å². The fourth-order valence-corrected chi connectivity index (χ4v) is 3.74. The Bertz CT molecular complexity index is 979. The van der Waals surface area contributed by atoms with E-state index in [-0.39, 0.29) is 5.75 Å². The molecule has 0 atom stereocenters. The fourth-order valence-electron chi connectivity index (χ4n) is 2.52. The third-order valence-electron chi connectivity index (χ3n) is 3.99. The number of allylic oxidation sites excluding steroid dienone is 1. The van der Waals surface area contributed by atoms with E-state index in [4.69, 9.17) is 18.9 Å². The summed E-state index contributed by atoms with van der Waals surface area (Å²) in [5.41, 5.74) is 0.872. The van der Waals surface area contributed by atoms with Crippen molar-refractivity contribution >= 4 is 15.9 Å². The molecule has 148 valence electrons. The molecule has 0 aliphatic rings.